The molecule has 5 atom stereocenters. The van der Waals surface area contributed by atoms with Gasteiger partial charge in [0.15, 0.2) is 0 Å². The molecule has 0 aromatic heterocycles. The molecular formula is C14H26BN3O5. The van der Waals surface area contributed by atoms with Gasteiger partial charge in [0, 0.05) is 13.1 Å². The van der Waals surface area contributed by atoms with Crippen molar-refractivity contribution in [1.82, 2.24) is 4.90 Å². The molecule has 1 saturated carbocycles. The summed E-state index contributed by atoms with van der Waals surface area (Å²) in [6.45, 7) is 2.61. The molecule has 2 fully saturated rings. The number of hydrogen-bond donors (Lipinski definition) is 5. The molecule has 0 aromatic carbocycles. The first-order valence-corrected chi connectivity index (χ1v) is 8.09. The Morgan fingerprint density at radius 1 is 1.39 bits per heavy atom. The molecule has 0 radical (unpaired) electrons. The number of carboxylic acid groups (broad SMARTS) is 1. The fourth-order valence-corrected chi connectivity index (χ4v) is 4.24. The standard InChI is InChI=1S/C14H26BN3O5/c1-8(16)12(19)18-6-9-5-14(17,13(20)21)11(10(9)7-18)3-2-4-15(22)23/h8-11,22-23H,2-7,16-17H2,1H3,(H,20,21). The first kappa shape index (κ1) is 18.2. The zero-order valence-corrected chi connectivity index (χ0v) is 13.4. The van der Waals surface area contributed by atoms with Crippen LogP contribution >= 0.6 is 0 Å². The van der Waals surface area contributed by atoms with Crippen molar-refractivity contribution in [3.05, 3.63) is 0 Å². The number of amides is 1. The van der Waals surface area contributed by atoms with Gasteiger partial charge in [-0.05, 0) is 43.8 Å². The topological polar surface area (TPSA) is 150 Å². The van der Waals surface area contributed by atoms with Gasteiger partial charge in [-0.1, -0.05) is 6.42 Å². The van der Waals surface area contributed by atoms with E-state index < -0.39 is 24.7 Å². The summed E-state index contributed by atoms with van der Waals surface area (Å²) in [5.41, 5.74) is 10.5. The smallest absolute Gasteiger partial charge is 0.451 e. The van der Waals surface area contributed by atoms with Crippen LogP contribution in [-0.4, -0.2) is 63.7 Å². The first-order valence-electron chi connectivity index (χ1n) is 8.09. The van der Waals surface area contributed by atoms with E-state index >= 15 is 0 Å². The fourth-order valence-electron chi connectivity index (χ4n) is 4.24. The van der Waals surface area contributed by atoms with Crippen LogP contribution in [-0.2, 0) is 9.59 Å². The van der Waals surface area contributed by atoms with E-state index in [0.717, 1.165) is 0 Å². The second-order valence-corrected chi connectivity index (χ2v) is 7.02. The summed E-state index contributed by atoms with van der Waals surface area (Å²) in [7, 11) is -1.40. The van der Waals surface area contributed by atoms with Crippen LogP contribution in [0, 0.1) is 17.8 Å². The summed E-state index contributed by atoms with van der Waals surface area (Å²) in [5, 5.41) is 27.5. The Bertz CT molecular complexity index is 475. The van der Waals surface area contributed by atoms with Crippen molar-refractivity contribution in [2.45, 2.75) is 44.1 Å². The summed E-state index contributed by atoms with van der Waals surface area (Å²) in [5.74, 6) is -1.35. The Morgan fingerprint density at radius 3 is 2.57 bits per heavy atom. The third-order valence-corrected chi connectivity index (χ3v) is 5.35. The maximum absolute atomic E-state index is 12.1. The zero-order valence-electron chi connectivity index (χ0n) is 13.4. The van der Waals surface area contributed by atoms with Gasteiger partial charge in [0.25, 0.3) is 0 Å². The van der Waals surface area contributed by atoms with Crippen molar-refractivity contribution in [3.63, 3.8) is 0 Å². The number of fused-ring (bicyclic) bond motifs is 1. The average molecular weight is 327 g/mol. The number of nitrogens with two attached hydrogens (primary N) is 2. The molecule has 5 unspecified atom stereocenters. The predicted molar refractivity (Wildman–Crippen MR) is 84.1 cm³/mol. The molecule has 0 bridgehead atoms. The minimum absolute atomic E-state index is 0.0228. The van der Waals surface area contributed by atoms with E-state index in [9.17, 15) is 14.7 Å². The van der Waals surface area contributed by atoms with Crippen LogP contribution in [0.3, 0.4) is 0 Å². The van der Waals surface area contributed by atoms with Crippen LogP contribution < -0.4 is 11.5 Å². The van der Waals surface area contributed by atoms with Gasteiger partial charge in [-0.25, -0.2) is 0 Å². The molecule has 7 N–H and O–H groups in total. The van der Waals surface area contributed by atoms with Gasteiger partial charge in [-0.15, -0.1) is 0 Å². The molecule has 8 nitrogen and oxygen atoms in total. The summed E-state index contributed by atoms with van der Waals surface area (Å²) in [6, 6.07) is -0.570. The van der Waals surface area contributed by atoms with Gasteiger partial charge < -0.3 is 31.5 Å². The Balaban J connectivity index is 2.10. The van der Waals surface area contributed by atoms with Crippen LogP contribution in [0.4, 0.5) is 0 Å². The molecule has 9 heteroatoms. The Labute approximate surface area is 136 Å². The zero-order chi connectivity index (χ0) is 17.4. The van der Waals surface area contributed by atoms with E-state index in [1.165, 1.54) is 0 Å². The Morgan fingerprint density at radius 2 is 2.04 bits per heavy atom. The maximum Gasteiger partial charge on any atom is 0.451 e. The number of aliphatic carboxylic acids is 1. The van der Waals surface area contributed by atoms with Crippen LogP contribution in [0.1, 0.15) is 26.2 Å². The summed E-state index contributed by atoms with van der Waals surface area (Å²) in [6.07, 6.45) is 1.51. The Hall–Kier alpha value is -1.16. The number of carbonyl (C=O) groups is 2. The van der Waals surface area contributed by atoms with Crippen molar-refractivity contribution < 1.29 is 24.7 Å². The van der Waals surface area contributed by atoms with Gasteiger partial charge >= 0.3 is 13.1 Å². The lowest BCUT2D eigenvalue weighted by molar-refractivity contribution is -0.145. The monoisotopic (exact) mass is 327 g/mol. The molecule has 2 aliphatic rings. The van der Waals surface area contributed by atoms with Crippen molar-refractivity contribution >= 4 is 19.0 Å². The summed E-state index contributed by atoms with van der Waals surface area (Å²) < 4.78 is 0. The second kappa shape index (κ2) is 6.76. The van der Waals surface area contributed by atoms with E-state index in [-0.39, 0.29) is 30.0 Å². The largest absolute Gasteiger partial charge is 0.480 e. The number of rotatable bonds is 6. The van der Waals surface area contributed by atoms with Gasteiger partial charge in [-0.3, -0.25) is 9.59 Å². The molecule has 2 rings (SSSR count). The van der Waals surface area contributed by atoms with E-state index in [1.54, 1.807) is 11.8 Å². The second-order valence-electron chi connectivity index (χ2n) is 7.02. The fraction of sp³-hybridized carbons (Fsp3) is 0.857. The number of nitrogens with zero attached hydrogens (tertiary/aromatic N) is 1. The number of hydrogen-bond acceptors (Lipinski definition) is 6. The van der Waals surface area contributed by atoms with E-state index in [4.69, 9.17) is 21.5 Å². The highest BCUT2D eigenvalue weighted by molar-refractivity contribution is 6.40. The summed E-state index contributed by atoms with van der Waals surface area (Å²) >= 11 is 0. The molecular weight excluding hydrogens is 301 g/mol. The van der Waals surface area contributed by atoms with Crippen molar-refractivity contribution in [3.8, 4) is 0 Å². The molecule has 1 aliphatic carbocycles. The van der Waals surface area contributed by atoms with Crippen molar-refractivity contribution in [2.75, 3.05) is 13.1 Å². The predicted octanol–water partition coefficient (Wildman–Crippen LogP) is -1.54. The van der Waals surface area contributed by atoms with E-state index in [0.29, 0.717) is 32.4 Å². The average Bonchev–Trinajstić information content (AvgIpc) is 2.95. The van der Waals surface area contributed by atoms with E-state index in [2.05, 4.69) is 0 Å². The molecule has 1 aliphatic heterocycles. The van der Waals surface area contributed by atoms with Gasteiger partial charge in [0.05, 0.1) is 6.04 Å². The van der Waals surface area contributed by atoms with Crippen LogP contribution in [0.5, 0.6) is 0 Å². The Kier molecular flexibility index (Phi) is 5.35. The lowest BCUT2D eigenvalue weighted by atomic mass is 9.76. The van der Waals surface area contributed by atoms with E-state index in [1.807, 2.05) is 0 Å². The molecule has 0 spiro atoms. The third kappa shape index (κ3) is 3.52. The number of likely N-dealkylation sites (tertiary alicyclic amines) is 1. The highest BCUT2D eigenvalue weighted by atomic mass is 16.4. The SMILES string of the molecule is CC(N)C(=O)N1CC2CC(N)(C(=O)O)C(CCCB(O)O)C2C1. The minimum Gasteiger partial charge on any atom is -0.480 e. The van der Waals surface area contributed by atoms with Crippen LogP contribution in [0.2, 0.25) is 6.32 Å². The third-order valence-electron chi connectivity index (χ3n) is 5.35. The highest BCUT2D eigenvalue weighted by Gasteiger charge is 2.58. The molecule has 1 amide bonds. The van der Waals surface area contributed by atoms with Gasteiger partial charge in [-0.2, -0.15) is 0 Å². The molecule has 0 aromatic rings. The quantitative estimate of drug-likeness (QED) is 0.371. The molecule has 130 valence electrons. The normalized spacial score (nSPS) is 34.3. The lowest BCUT2D eigenvalue weighted by Crippen LogP contribution is -2.53. The van der Waals surface area contributed by atoms with Crippen LogP contribution in [0.25, 0.3) is 0 Å². The minimum atomic E-state index is -1.40. The maximum atomic E-state index is 12.1. The first-order chi connectivity index (χ1) is 10.7. The molecule has 23 heavy (non-hydrogen) atoms. The van der Waals surface area contributed by atoms with Crippen molar-refractivity contribution in [2.24, 2.45) is 29.2 Å². The number of carboxylic acids is 1. The van der Waals surface area contributed by atoms with Crippen LogP contribution in [0.15, 0.2) is 0 Å². The number of carbonyl (C=O) groups excluding carboxylic acids is 1. The lowest BCUT2D eigenvalue weighted by Gasteiger charge is -2.31. The van der Waals surface area contributed by atoms with Crippen molar-refractivity contribution in [1.29, 1.82) is 0 Å². The summed E-state index contributed by atoms with van der Waals surface area (Å²) in [4.78, 5) is 25.4. The van der Waals surface area contributed by atoms with Gasteiger partial charge in [0.2, 0.25) is 5.91 Å². The van der Waals surface area contributed by atoms with Gasteiger partial charge in [0.1, 0.15) is 5.54 Å². The molecule has 1 saturated heterocycles. The molecule has 1 heterocycles. The highest BCUT2D eigenvalue weighted by Crippen LogP contribution is 2.49.